The molecule has 0 radical (unpaired) electrons. The maximum absolute atomic E-state index is 11.6. The van der Waals surface area contributed by atoms with E-state index in [0.717, 1.165) is 37.8 Å². The molecule has 0 aliphatic heterocycles. The van der Waals surface area contributed by atoms with Gasteiger partial charge in [-0.25, -0.2) is 4.79 Å². The first-order chi connectivity index (χ1) is 12.0. The van der Waals surface area contributed by atoms with E-state index in [1.165, 1.54) is 0 Å². The molecule has 0 fully saturated rings. The summed E-state index contributed by atoms with van der Waals surface area (Å²) >= 11 is 0. The number of esters is 2. The molecule has 146 valence electrons. The standard InChI is InChI=1S/C17H32O7Si/c1-5-16(18)23-13-9-10-14-24-17(19)12-8-6-7-11-15-25(20-2,21-3)22-4/h5H,1,6-15H2,2-4H3. The van der Waals surface area contributed by atoms with Crippen molar-refractivity contribution < 1.29 is 32.3 Å². The fourth-order valence-electron chi connectivity index (χ4n) is 2.21. The highest BCUT2D eigenvalue weighted by Gasteiger charge is 2.36. The second-order valence-electron chi connectivity index (χ2n) is 5.51. The summed E-state index contributed by atoms with van der Waals surface area (Å²) < 4.78 is 26.0. The third-order valence-electron chi connectivity index (χ3n) is 3.76. The van der Waals surface area contributed by atoms with E-state index >= 15 is 0 Å². The van der Waals surface area contributed by atoms with Crippen LogP contribution < -0.4 is 0 Å². The highest BCUT2D eigenvalue weighted by molar-refractivity contribution is 6.60. The average Bonchev–Trinajstić information content (AvgIpc) is 2.64. The first-order valence-electron chi connectivity index (χ1n) is 8.63. The van der Waals surface area contributed by atoms with Crippen LogP contribution in [0.2, 0.25) is 6.04 Å². The molecule has 25 heavy (non-hydrogen) atoms. The van der Waals surface area contributed by atoms with Gasteiger partial charge in [0, 0.05) is 39.9 Å². The van der Waals surface area contributed by atoms with Crippen molar-refractivity contribution in [3.05, 3.63) is 12.7 Å². The number of hydrogen-bond acceptors (Lipinski definition) is 7. The molecule has 0 unspecified atom stereocenters. The molecule has 0 rings (SSSR count). The predicted molar refractivity (Wildman–Crippen MR) is 96.0 cm³/mol. The predicted octanol–water partition coefficient (Wildman–Crippen LogP) is 2.87. The molecule has 7 nitrogen and oxygen atoms in total. The topological polar surface area (TPSA) is 80.3 Å². The van der Waals surface area contributed by atoms with Gasteiger partial charge < -0.3 is 22.8 Å². The Morgan fingerprint density at radius 1 is 0.840 bits per heavy atom. The molecule has 0 heterocycles. The van der Waals surface area contributed by atoms with Gasteiger partial charge in [0.2, 0.25) is 0 Å². The SMILES string of the molecule is C=CC(=O)OCCCCOC(=O)CCCCCC[Si](OC)(OC)OC. The molecular formula is C17H32O7Si. The Bertz CT molecular complexity index is 375. The van der Waals surface area contributed by atoms with E-state index in [9.17, 15) is 9.59 Å². The molecule has 0 aliphatic carbocycles. The number of carbonyl (C=O) groups excluding carboxylic acids is 2. The monoisotopic (exact) mass is 376 g/mol. The summed E-state index contributed by atoms with van der Waals surface area (Å²) in [6, 6.07) is 0.775. The van der Waals surface area contributed by atoms with Gasteiger partial charge in [-0.3, -0.25) is 4.79 Å². The number of rotatable bonds is 16. The Morgan fingerprint density at radius 2 is 1.40 bits per heavy atom. The fourth-order valence-corrected chi connectivity index (χ4v) is 4.01. The van der Waals surface area contributed by atoms with Crippen LogP contribution in [-0.4, -0.2) is 55.3 Å². The molecule has 0 spiro atoms. The van der Waals surface area contributed by atoms with Crippen LogP contribution in [-0.2, 0) is 32.3 Å². The van der Waals surface area contributed by atoms with Crippen LogP contribution in [0.4, 0.5) is 0 Å². The lowest BCUT2D eigenvalue weighted by atomic mass is 10.1. The minimum absolute atomic E-state index is 0.183. The average molecular weight is 377 g/mol. The zero-order valence-electron chi connectivity index (χ0n) is 15.7. The van der Waals surface area contributed by atoms with E-state index < -0.39 is 14.8 Å². The van der Waals surface area contributed by atoms with Gasteiger partial charge in [0.1, 0.15) is 0 Å². The molecule has 0 aliphatic rings. The minimum Gasteiger partial charge on any atom is -0.466 e. The summed E-state index contributed by atoms with van der Waals surface area (Å²) in [7, 11) is 2.36. The molecule has 0 bridgehead atoms. The Kier molecular flexibility index (Phi) is 14.3. The zero-order valence-corrected chi connectivity index (χ0v) is 16.7. The Morgan fingerprint density at radius 3 is 1.96 bits per heavy atom. The lowest BCUT2D eigenvalue weighted by molar-refractivity contribution is -0.144. The van der Waals surface area contributed by atoms with E-state index in [0.29, 0.717) is 32.5 Å². The van der Waals surface area contributed by atoms with Gasteiger partial charge in [0.15, 0.2) is 0 Å². The first kappa shape index (κ1) is 23.8. The molecule has 0 N–H and O–H groups in total. The van der Waals surface area contributed by atoms with Gasteiger partial charge in [0.05, 0.1) is 13.2 Å². The summed E-state index contributed by atoms with van der Waals surface area (Å²) in [4.78, 5) is 22.4. The molecule has 0 amide bonds. The van der Waals surface area contributed by atoms with Crippen LogP contribution >= 0.6 is 0 Å². The van der Waals surface area contributed by atoms with Gasteiger partial charge in [-0.15, -0.1) is 0 Å². The van der Waals surface area contributed by atoms with Crippen LogP contribution in [0.1, 0.15) is 44.9 Å². The van der Waals surface area contributed by atoms with Crippen LogP contribution in [0.5, 0.6) is 0 Å². The highest BCUT2D eigenvalue weighted by Crippen LogP contribution is 2.18. The molecule has 0 aromatic heterocycles. The molecular weight excluding hydrogens is 344 g/mol. The lowest BCUT2D eigenvalue weighted by Gasteiger charge is -2.24. The second-order valence-corrected chi connectivity index (χ2v) is 8.60. The van der Waals surface area contributed by atoms with Crippen LogP contribution in [0.3, 0.4) is 0 Å². The van der Waals surface area contributed by atoms with Gasteiger partial charge in [-0.1, -0.05) is 19.4 Å². The highest BCUT2D eigenvalue weighted by atomic mass is 28.4. The second kappa shape index (κ2) is 15.1. The number of unbranched alkanes of at least 4 members (excludes halogenated alkanes) is 4. The third kappa shape index (κ3) is 11.9. The Balaban J connectivity index is 3.52. The fraction of sp³-hybridized carbons (Fsp3) is 0.765. The largest absolute Gasteiger partial charge is 0.500 e. The first-order valence-corrected chi connectivity index (χ1v) is 10.6. The van der Waals surface area contributed by atoms with E-state index in [-0.39, 0.29) is 5.97 Å². The smallest absolute Gasteiger partial charge is 0.466 e. The molecule has 0 saturated carbocycles. The summed E-state index contributed by atoms with van der Waals surface area (Å²) in [5.74, 6) is -0.615. The number of hydrogen-bond donors (Lipinski definition) is 0. The van der Waals surface area contributed by atoms with E-state index in [2.05, 4.69) is 6.58 Å². The van der Waals surface area contributed by atoms with Crippen LogP contribution in [0.25, 0.3) is 0 Å². The molecule has 0 saturated heterocycles. The van der Waals surface area contributed by atoms with Gasteiger partial charge in [-0.2, -0.15) is 0 Å². The van der Waals surface area contributed by atoms with Gasteiger partial charge >= 0.3 is 20.7 Å². The summed E-state index contributed by atoms with van der Waals surface area (Å²) in [6.45, 7) is 3.98. The Labute approximate surface area is 152 Å². The summed E-state index contributed by atoms with van der Waals surface area (Å²) in [5.41, 5.74) is 0. The normalized spacial score (nSPS) is 11.2. The van der Waals surface area contributed by atoms with Crippen molar-refractivity contribution in [3.63, 3.8) is 0 Å². The Hall–Kier alpha value is -1.22. The van der Waals surface area contributed by atoms with Crippen molar-refractivity contribution in [2.45, 2.75) is 51.0 Å². The van der Waals surface area contributed by atoms with Crippen LogP contribution in [0.15, 0.2) is 12.7 Å². The van der Waals surface area contributed by atoms with Gasteiger partial charge in [0.25, 0.3) is 0 Å². The maximum Gasteiger partial charge on any atom is 0.500 e. The van der Waals surface area contributed by atoms with Crippen LogP contribution in [0, 0.1) is 0 Å². The van der Waals surface area contributed by atoms with Crippen molar-refractivity contribution in [3.8, 4) is 0 Å². The van der Waals surface area contributed by atoms with Crippen molar-refractivity contribution in [1.82, 2.24) is 0 Å². The van der Waals surface area contributed by atoms with Crippen molar-refractivity contribution in [1.29, 1.82) is 0 Å². The third-order valence-corrected chi connectivity index (χ3v) is 6.59. The summed E-state index contributed by atoms with van der Waals surface area (Å²) in [6.07, 6.45) is 6.58. The van der Waals surface area contributed by atoms with Gasteiger partial charge in [-0.05, 0) is 25.7 Å². The van der Waals surface area contributed by atoms with E-state index in [4.69, 9.17) is 22.8 Å². The van der Waals surface area contributed by atoms with E-state index in [1.807, 2.05) is 0 Å². The molecule has 0 aromatic rings. The van der Waals surface area contributed by atoms with Crippen molar-refractivity contribution in [2.75, 3.05) is 34.5 Å². The molecule has 0 aromatic carbocycles. The number of ether oxygens (including phenoxy) is 2. The van der Waals surface area contributed by atoms with Crippen molar-refractivity contribution in [2.24, 2.45) is 0 Å². The van der Waals surface area contributed by atoms with E-state index in [1.54, 1.807) is 21.3 Å². The lowest BCUT2D eigenvalue weighted by Crippen LogP contribution is -2.42. The quantitative estimate of drug-likeness (QED) is 0.177. The molecule has 8 heteroatoms. The van der Waals surface area contributed by atoms with Crippen molar-refractivity contribution >= 4 is 20.7 Å². The summed E-state index contributed by atoms with van der Waals surface area (Å²) in [5, 5.41) is 0. The molecule has 0 atom stereocenters. The minimum atomic E-state index is -2.47. The number of carbonyl (C=O) groups is 2. The zero-order chi connectivity index (χ0) is 19.0. The maximum atomic E-state index is 11.6.